The van der Waals surface area contributed by atoms with E-state index in [4.69, 9.17) is 0 Å². The number of pyridine rings is 2. The van der Waals surface area contributed by atoms with Crippen LogP contribution in [0.15, 0.2) is 115 Å². The van der Waals surface area contributed by atoms with Gasteiger partial charge in [-0.3, -0.25) is 9.78 Å². The predicted octanol–water partition coefficient (Wildman–Crippen LogP) is 5.80. The van der Waals surface area contributed by atoms with E-state index in [9.17, 15) is 4.79 Å². The molecule has 2 N–H and O–H groups in total. The molecule has 5 aromatic rings. The Kier molecular flexibility index (Phi) is 5.86. The molecule has 0 bridgehead atoms. The summed E-state index contributed by atoms with van der Waals surface area (Å²) in [6, 6.07) is 28.7. The maximum Gasteiger partial charge on any atom is 0.255 e. The Labute approximate surface area is 197 Å². The van der Waals surface area contributed by atoms with E-state index in [0.717, 1.165) is 33.3 Å². The molecule has 0 aliphatic heterocycles. The smallest absolute Gasteiger partial charge is 0.255 e. The lowest BCUT2D eigenvalue weighted by atomic mass is 10.1. The zero-order valence-electron chi connectivity index (χ0n) is 18.6. The minimum atomic E-state index is -0.166. The summed E-state index contributed by atoms with van der Waals surface area (Å²) in [5, 5.41) is 8.27. The second-order valence-corrected chi connectivity index (χ2v) is 7.91. The highest BCUT2D eigenvalue weighted by atomic mass is 16.1. The van der Waals surface area contributed by atoms with Gasteiger partial charge in [-0.05, 0) is 72.8 Å². The molecule has 0 saturated carbocycles. The molecule has 3 aromatic carbocycles. The molecular weight excluding hydrogens is 422 g/mol. The fourth-order valence-corrected chi connectivity index (χ4v) is 3.60. The highest BCUT2D eigenvalue weighted by Gasteiger charge is 2.07. The van der Waals surface area contributed by atoms with Gasteiger partial charge in [0.1, 0.15) is 0 Å². The zero-order valence-corrected chi connectivity index (χ0v) is 18.6. The Bertz CT molecular complexity index is 1490. The molecule has 5 rings (SSSR count). The molecule has 2 aromatic heterocycles. The van der Waals surface area contributed by atoms with Crippen molar-refractivity contribution in [2.45, 2.75) is 0 Å². The van der Waals surface area contributed by atoms with E-state index >= 15 is 0 Å². The van der Waals surface area contributed by atoms with E-state index in [1.165, 1.54) is 0 Å². The summed E-state index contributed by atoms with van der Waals surface area (Å²) in [6.45, 7) is 0. The van der Waals surface area contributed by atoms with Crippen LogP contribution in [-0.2, 0) is 7.05 Å². The number of fused-ring (bicyclic) bond motifs is 1. The van der Waals surface area contributed by atoms with Crippen molar-refractivity contribution in [1.29, 1.82) is 0 Å². The quantitative estimate of drug-likeness (QED) is 0.359. The van der Waals surface area contributed by atoms with Crippen LogP contribution in [0.1, 0.15) is 10.4 Å². The van der Waals surface area contributed by atoms with Crippen molar-refractivity contribution in [3.05, 3.63) is 121 Å². The molecule has 0 saturated heterocycles. The minimum Gasteiger partial charge on any atom is -0.357 e. The van der Waals surface area contributed by atoms with Gasteiger partial charge in [0.05, 0.1) is 16.6 Å². The molecular formula is C28H23N5O. The number of aryl methyl sites for hydroxylation is 1. The molecule has 0 unspecified atom stereocenters. The lowest BCUT2D eigenvalue weighted by Crippen LogP contribution is -2.11. The lowest BCUT2D eigenvalue weighted by molar-refractivity contribution is 0.102. The first-order valence-corrected chi connectivity index (χ1v) is 10.9. The maximum atomic E-state index is 12.7. The predicted molar refractivity (Wildman–Crippen MR) is 136 cm³/mol. The van der Waals surface area contributed by atoms with Crippen LogP contribution in [-0.4, -0.2) is 15.5 Å². The molecule has 0 spiro atoms. The molecule has 0 fully saturated rings. The van der Waals surface area contributed by atoms with Crippen LogP contribution in [0.25, 0.3) is 10.9 Å². The summed E-state index contributed by atoms with van der Waals surface area (Å²) in [6.07, 6.45) is 5.69. The average Bonchev–Trinajstić information content (AvgIpc) is 2.87. The highest BCUT2D eigenvalue weighted by molar-refractivity contribution is 6.04. The summed E-state index contributed by atoms with van der Waals surface area (Å²) in [5.74, 6) is -0.166. The van der Waals surface area contributed by atoms with Gasteiger partial charge in [-0.1, -0.05) is 18.2 Å². The third-order valence-electron chi connectivity index (χ3n) is 5.42. The van der Waals surface area contributed by atoms with E-state index in [1.807, 2.05) is 103 Å². The first kappa shape index (κ1) is 21.2. The monoisotopic (exact) mass is 445 g/mol. The Hall–Kier alpha value is -4.71. The van der Waals surface area contributed by atoms with Gasteiger partial charge in [0.15, 0.2) is 0 Å². The van der Waals surface area contributed by atoms with Crippen molar-refractivity contribution in [1.82, 2.24) is 9.55 Å². The Balaban J connectivity index is 1.25. The molecule has 0 aliphatic carbocycles. The van der Waals surface area contributed by atoms with Crippen molar-refractivity contribution in [3.63, 3.8) is 0 Å². The molecule has 0 atom stereocenters. The third kappa shape index (κ3) is 4.86. The second-order valence-electron chi connectivity index (χ2n) is 7.91. The Morgan fingerprint density at radius 3 is 2.29 bits per heavy atom. The molecule has 2 heterocycles. The molecule has 34 heavy (non-hydrogen) atoms. The number of carbonyl (C=O) groups excluding carboxylic acids is 1. The number of benzene rings is 3. The van der Waals surface area contributed by atoms with E-state index in [1.54, 1.807) is 18.3 Å². The SMILES string of the molecule is Cn1ccc(=Nc2ccc(NC(=O)c3ccc(Nc4ccnc5ccccc45)cc3)cc2)cc1. The molecule has 0 radical (unpaired) electrons. The Morgan fingerprint density at radius 1 is 0.824 bits per heavy atom. The third-order valence-corrected chi connectivity index (χ3v) is 5.42. The van der Waals surface area contributed by atoms with Gasteiger partial charge in [-0.2, -0.15) is 0 Å². The molecule has 1 amide bonds. The fraction of sp³-hybridized carbons (Fsp3) is 0.0357. The summed E-state index contributed by atoms with van der Waals surface area (Å²) in [4.78, 5) is 21.7. The number of hydrogen-bond donors (Lipinski definition) is 2. The van der Waals surface area contributed by atoms with Crippen LogP contribution in [0.5, 0.6) is 0 Å². The van der Waals surface area contributed by atoms with E-state index in [-0.39, 0.29) is 5.91 Å². The summed E-state index contributed by atoms with van der Waals surface area (Å²) < 4.78 is 1.96. The maximum absolute atomic E-state index is 12.7. The van der Waals surface area contributed by atoms with Crippen LogP contribution in [0, 0.1) is 0 Å². The number of nitrogens with one attached hydrogen (secondary N) is 2. The van der Waals surface area contributed by atoms with Gasteiger partial charge in [0.2, 0.25) is 0 Å². The van der Waals surface area contributed by atoms with Crippen LogP contribution < -0.4 is 16.0 Å². The molecule has 166 valence electrons. The Morgan fingerprint density at radius 2 is 1.53 bits per heavy atom. The van der Waals surface area contributed by atoms with Crippen molar-refractivity contribution >= 4 is 39.6 Å². The van der Waals surface area contributed by atoms with Gasteiger partial charge in [0.25, 0.3) is 5.91 Å². The number of rotatable bonds is 5. The largest absolute Gasteiger partial charge is 0.357 e. The van der Waals surface area contributed by atoms with Crippen molar-refractivity contribution < 1.29 is 4.79 Å². The normalized spacial score (nSPS) is 10.6. The summed E-state index contributed by atoms with van der Waals surface area (Å²) in [5.41, 5.74) is 4.92. The lowest BCUT2D eigenvalue weighted by Gasteiger charge is -2.10. The summed E-state index contributed by atoms with van der Waals surface area (Å²) in [7, 11) is 1.97. The number of aromatic nitrogens is 2. The average molecular weight is 446 g/mol. The molecule has 6 nitrogen and oxygen atoms in total. The standard InChI is InChI=1S/C28H23N5O/c1-33-18-15-24(16-19-33)30-21-10-12-23(13-11-21)32-28(34)20-6-8-22(9-7-20)31-27-14-17-29-26-5-3-2-4-25(26)27/h2-19H,1H3,(H,29,31)(H,32,34). The number of amides is 1. The van der Waals surface area contributed by atoms with Gasteiger partial charge in [-0.15, -0.1) is 0 Å². The first-order valence-electron chi connectivity index (χ1n) is 10.9. The van der Waals surface area contributed by atoms with Crippen molar-refractivity contribution in [3.8, 4) is 0 Å². The van der Waals surface area contributed by atoms with Crippen LogP contribution >= 0.6 is 0 Å². The van der Waals surface area contributed by atoms with Crippen LogP contribution in [0.3, 0.4) is 0 Å². The van der Waals surface area contributed by atoms with Crippen molar-refractivity contribution in [2.24, 2.45) is 12.0 Å². The van der Waals surface area contributed by atoms with Gasteiger partial charge in [0, 0.05) is 53.7 Å². The van der Waals surface area contributed by atoms with Gasteiger partial charge in [-0.25, -0.2) is 4.99 Å². The van der Waals surface area contributed by atoms with Gasteiger partial charge >= 0.3 is 0 Å². The van der Waals surface area contributed by atoms with Crippen LogP contribution in [0.2, 0.25) is 0 Å². The second kappa shape index (κ2) is 9.42. The topological polar surface area (TPSA) is 71.3 Å². The van der Waals surface area contributed by atoms with Crippen LogP contribution in [0.4, 0.5) is 22.7 Å². The van der Waals surface area contributed by atoms with Gasteiger partial charge < -0.3 is 15.2 Å². The fourth-order valence-electron chi connectivity index (χ4n) is 3.60. The molecule has 0 aliphatic rings. The minimum absolute atomic E-state index is 0.166. The zero-order chi connectivity index (χ0) is 23.3. The molecule has 6 heteroatoms. The summed E-state index contributed by atoms with van der Waals surface area (Å²) >= 11 is 0. The van der Waals surface area contributed by atoms with E-state index in [2.05, 4.69) is 20.6 Å². The highest BCUT2D eigenvalue weighted by Crippen LogP contribution is 2.25. The van der Waals surface area contributed by atoms with E-state index in [0.29, 0.717) is 11.3 Å². The first-order chi connectivity index (χ1) is 16.6. The number of para-hydroxylation sites is 1. The number of nitrogens with zero attached hydrogens (tertiary/aromatic N) is 3. The number of anilines is 3. The van der Waals surface area contributed by atoms with Crippen molar-refractivity contribution in [2.75, 3.05) is 10.6 Å². The number of carbonyl (C=O) groups is 1. The van der Waals surface area contributed by atoms with E-state index < -0.39 is 0 Å². The number of hydrogen-bond acceptors (Lipinski definition) is 4.